The van der Waals surface area contributed by atoms with Gasteiger partial charge in [-0.15, -0.1) is 0 Å². The van der Waals surface area contributed by atoms with Crippen molar-refractivity contribution in [1.82, 2.24) is 9.36 Å². The Bertz CT molecular complexity index is 419. The number of hydrogen-bond donors (Lipinski definition) is 2. The highest BCUT2D eigenvalue weighted by Gasteiger charge is 2.36. The minimum atomic E-state index is -4.62. The zero-order valence-corrected chi connectivity index (χ0v) is 10.5. The number of hydrogen-bond acceptors (Lipinski definition) is 5. The highest BCUT2D eigenvalue weighted by molar-refractivity contribution is 7.09. The van der Waals surface area contributed by atoms with Gasteiger partial charge in [-0.1, -0.05) is 13.8 Å². The van der Waals surface area contributed by atoms with E-state index in [0.717, 1.165) is 0 Å². The summed E-state index contributed by atoms with van der Waals surface area (Å²) < 4.78 is 39.9. The van der Waals surface area contributed by atoms with E-state index in [1.54, 1.807) is 0 Å². The predicted molar refractivity (Wildman–Crippen MR) is 59.4 cm³/mol. The molecule has 0 saturated heterocycles. The summed E-state index contributed by atoms with van der Waals surface area (Å²) >= 11 is 0.494. The SMILES string of the molecule is CC(C)CC(Nc1nc(C(F)(F)F)ns1)C(=O)O. The van der Waals surface area contributed by atoms with Crippen LogP contribution in [-0.4, -0.2) is 26.5 Å². The van der Waals surface area contributed by atoms with Gasteiger partial charge in [0.1, 0.15) is 6.04 Å². The fraction of sp³-hybridized carbons (Fsp3) is 0.667. The van der Waals surface area contributed by atoms with Crippen LogP contribution in [0.15, 0.2) is 0 Å². The minimum Gasteiger partial charge on any atom is -0.480 e. The van der Waals surface area contributed by atoms with Crippen LogP contribution >= 0.6 is 11.5 Å². The molecule has 0 amide bonds. The van der Waals surface area contributed by atoms with Crippen molar-refractivity contribution in [1.29, 1.82) is 0 Å². The average Bonchev–Trinajstić information content (AvgIpc) is 2.63. The lowest BCUT2D eigenvalue weighted by Crippen LogP contribution is -2.30. The molecule has 0 spiro atoms. The van der Waals surface area contributed by atoms with Crippen LogP contribution < -0.4 is 5.32 Å². The summed E-state index contributed by atoms with van der Waals surface area (Å²) in [7, 11) is 0. The second-order valence-corrected chi connectivity index (χ2v) is 4.84. The number of rotatable bonds is 5. The van der Waals surface area contributed by atoms with Crippen LogP contribution in [0.2, 0.25) is 0 Å². The number of carboxylic acid groups (broad SMARTS) is 1. The van der Waals surface area contributed by atoms with E-state index in [1.165, 1.54) is 0 Å². The predicted octanol–water partition coefficient (Wildman–Crippen LogP) is 2.47. The van der Waals surface area contributed by atoms with E-state index in [1.807, 2.05) is 13.8 Å². The van der Waals surface area contributed by atoms with Crippen LogP contribution in [0.3, 0.4) is 0 Å². The summed E-state index contributed by atoms with van der Waals surface area (Å²) in [6.45, 7) is 3.64. The molecule has 0 aliphatic heterocycles. The Morgan fingerprint density at radius 2 is 2.11 bits per heavy atom. The van der Waals surface area contributed by atoms with Gasteiger partial charge in [0.05, 0.1) is 0 Å². The van der Waals surface area contributed by atoms with Gasteiger partial charge in [-0.2, -0.15) is 22.5 Å². The molecule has 1 heterocycles. The molecule has 0 aliphatic carbocycles. The Kier molecular flexibility index (Phi) is 4.49. The second-order valence-electron chi connectivity index (χ2n) is 4.09. The monoisotopic (exact) mass is 283 g/mol. The normalized spacial score (nSPS) is 13.7. The van der Waals surface area contributed by atoms with Crippen molar-refractivity contribution in [2.45, 2.75) is 32.5 Å². The molecule has 0 radical (unpaired) electrons. The molecule has 5 nitrogen and oxygen atoms in total. The molecular weight excluding hydrogens is 271 g/mol. The molecule has 1 aromatic heterocycles. The Labute approximate surface area is 105 Å². The number of carboxylic acids is 1. The summed E-state index contributed by atoms with van der Waals surface area (Å²) in [4.78, 5) is 14.1. The molecule has 102 valence electrons. The molecule has 1 atom stereocenters. The molecule has 0 aromatic carbocycles. The Morgan fingerprint density at radius 1 is 1.50 bits per heavy atom. The molecule has 0 fully saturated rings. The van der Waals surface area contributed by atoms with Gasteiger partial charge >= 0.3 is 12.1 Å². The van der Waals surface area contributed by atoms with Crippen molar-refractivity contribution in [3.63, 3.8) is 0 Å². The first-order valence-corrected chi connectivity index (χ1v) is 5.87. The molecule has 0 bridgehead atoms. The number of alkyl halides is 3. The quantitative estimate of drug-likeness (QED) is 0.868. The van der Waals surface area contributed by atoms with Gasteiger partial charge in [-0.25, -0.2) is 4.79 Å². The van der Waals surface area contributed by atoms with Crippen molar-refractivity contribution in [2.75, 3.05) is 5.32 Å². The second kappa shape index (κ2) is 5.51. The van der Waals surface area contributed by atoms with E-state index in [9.17, 15) is 18.0 Å². The van der Waals surface area contributed by atoms with Crippen molar-refractivity contribution < 1.29 is 23.1 Å². The fourth-order valence-corrected chi connectivity index (χ4v) is 1.88. The number of nitrogens with one attached hydrogen (secondary N) is 1. The van der Waals surface area contributed by atoms with Crippen LogP contribution in [0.1, 0.15) is 26.1 Å². The van der Waals surface area contributed by atoms with Gasteiger partial charge < -0.3 is 10.4 Å². The maximum atomic E-state index is 12.2. The summed E-state index contributed by atoms with van der Waals surface area (Å²) in [5, 5.41) is 11.2. The molecule has 2 N–H and O–H groups in total. The Hall–Kier alpha value is -1.38. The van der Waals surface area contributed by atoms with Crippen LogP contribution in [0, 0.1) is 5.92 Å². The van der Waals surface area contributed by atoms with Crippen LogP contribution in [-0.2, 0) is 11.0 Å². The minimum absolute atomic E-state index is 0.0913. The zero-order chi connectivity index (χ0) is 13.9. The van der Waals surface area contributed by atoms with Gasteiger partial charge in [0, 0.05) is 11.5 Å². The van der Waals surface area contributed by atoms with E-state index in [2.05, 4.69) is 14.7 Å². The maximum Gasteiger partial charge on any atom is 0.452 e. The molecule has 0 saturated carbocycles. The topological polar surface area (TPSA) is 75.1 Å². The molecule has 1 unspecified atom stereocenters. The van der Waals surface area contributed by atoms with Gasteiger partial charge in [-0.3, -0.25) is 0 Å². The maximum absolute atomic E-state index is 12.2. The van der Waals surface area contributed by atoms with E-state index in [4.69, 9.17) is 5.11 Å². The third-order valence-electron chi connectivity index (χ3n) is 1.98. The first kappa shape index (κ1) is 14.7. The Balaban J connectivity index is 2.76. The smallest absolute Gasteiger partial charge is 0.452 e. The number of anilines is 1. The van der Waals surface area contributed by atoms with Crippen LogP contribution in [0.5, 0.6) is 0 Å². The van der Waals surface area contributed by atoms with Crippen LogP contribution in [0.25, 0.3) is 0 Å². The summed E-state index contributed by atoms with van der Waals surface area (Å²) in [6.07, 6.45) is -4.33. The fourth-order valence-electron chi connectivity index (χ4n) is 1.24. The molecule has 1 aromatic rings. The van der Waals surface area contributed by atoms with Crippen molar-refractivity contribution >= 4 is 22.6 Å². The van der Waals surface area contributed by atoms with Crippen molar-refractivity contribution in [2.24, 2.45) is 5.92 Å². The highest BCUT2D eigenvalue weighted by Crippen LogP contribution is 2.29. The Morgan fingerprint density at radius 3 is 2.50 bits per heavy atom. The lowest BCUT2D eigenvalue weighted by atomic mass is 10.0. The first-order chi connectivity index (χ1) is 8.20. The van der Waals surface area contributed by atoms with Gasteiger partial charge in [0.25, 0.3) is 0 Å². The number of carbonyl (C=O) groups is 1. The van der Waals surface area contributed by atoms with Crippen molar-refractivity contribution in [3.8, 4) is 0 Å². The van der Waals surface area contributed by atoms with Gasteiger partial charge in [0.2, 0.25) is 11.0 Å². The summed E-state index contributed by atoms with van der Waals surface area (Å²) in [5.74, 6) is -2.30. The van der Waals surface area contributed by atoms with Gasteiger partial charge in [0.15, 0.2) is 0 Å². The third-order valence-corrected chi connectivity index (χ3v) is 2.63. The molecular formula is C9H12F3N3O2S. The van der Waals surface area contributed by atoms with Gasteiger partial charge in [-0.05, 0) is 12.3 Å². The molecule has 1 rings (SSSR count). The number of aliphatic carboxylic acids is 1. The van der Waals surface area contributed by atoms with E-state index in [-0.39, 0.29) is 17.5 Å². The standard InChI is InChI=1S/C9H12F3N3O2S/c1-4(2)3-5(6(16)17)13-8-14-7(15-18-8)9(10,11)12/h4-5H,3H2,1-2H3,(H,16,17)(H,13,14,15). The number of nitrogens with zero attached hydrogens (tertiary/aromatic N) is 2. The summed E-state index contributed by atoms with van der Waals surface area (Å²) in [5.41, 5.74) is 0. The van der Waals surface area contributed by atoms with E-state index < -0.39 is 24.0 Å². The number of aromatic nitrogens is 2. The highest BCUT2D eigenvalue weighted by atomic mass is 32.1. The lowest BCUT2D eigenvalue weighted by Gasteiger charge is -2.15. The van der Waals surface area contributed by atoms with E-state index in [0.29, 0.717) is 11.5 Å². The van der Waals surface area contributed by atoms with E-state index >= 15 is 0 Å². The first-order valence-electron chi connectivity index (χ1n) is 5.10. The van der Waals surface area contributed by atoms with Crippen LogP contribution in [0.4, 0.5) is 18.3 Å². The summed E-state index contributed by atoms with van der Waals surface area (Å²) in [6, 6.07) is -0.973. The largest absolute Gasteiger partial charge is 0.480 e. The number of halogens is 3. The zero-order valence-electron chi connectivity index (χ0n) is 9.65. The third kappa shape index (κ3) is 4.13. The molecule has 9 heteroatoms. The molecule has 18 heavy (non-hydrogen) atoms. The lowest BCUT2D eigenvalue weighted by molar-refractivity contribution is -0.144. The average molecular weight is 283 g/mol. The molecule has 0 aliphatic rings. The van der Waals surface area contributed by atoms with Crippen molar-refractivity contribution in [3.05, 3.63) is 5.82 Å².